The minimum atomic E-state index is -0.731. The van der Waals surface area contributed by atoms with Crippen LogP contribution in [0.1, 0.15) is 25.7 Å². The van der Waals surface area contributed by atoms with E-state index in [1.807, 2.05) is 0 Å². The second kappa shape index (κ2) is 5.61. The highest BCUT2D eigenvalue weighted by molar-refractivity contribution is 7.71. The number of hydrogen-bond donors (Lipinski definition) is 3. The van der Waals surface area contributed by atoms with E-state index in [-0.39, 0.29) is 6.04 Å². The zero-order valence-corrected chi connectivity index (χ0v) is 12.0. The summed E-state index contributed by atoms with van der Waals surface area (Å²) in [7, 11) is 0. The van der Waals surface area contributed by atoms with Crippen molar-refractivity contribution in [3.63, 3.8) is 0 Å². The van der Waals surface area contributed by atoms with E-state index in [0.29, 0.717) is 22.5 Å². The number of nitrogens with one attached hydrogen (secondary N) is 2. The van der Waals surface area contributed by atoms with Gasteiger partial charge in [-0.05, 0) is 62.2 Å². The Morgan fingerprint density at radius 3 is 2.95 bits per heavy atom. The highest BCUT2D eigenvalue weighted by Crippen LogP contribution is 2.39. The zero-order valence-electron chi connectivity index (χ0n) is 11.2. The molecule has 0 bridgehead atoms. The fourth-order valence-electron chi connectivity index (χ4n) is 3.61. The molecule has 4 atom stereocenters. The molecule has 3 rings (SSSR count). The lowest BCUT2D eigenvalue weighted by atomic mass is 9.69. The van der Waals surface area contributed by atoms with Gasteiger partial charge in [0.2, 0.25) is 4.77 Å². The standard InChI is InChI=1S/C12H19N5O2S/c18-11(19)10-4-9-3-7(1-2-8(9)5-13-10)6-17-12(20)14-15-16-17/h7-10,13H,1-6H2,(H,18,19)(H,14,16,20)/t7-,8-,9+,10-/m0/s1. The largest absolute Gasteiger partial charge is 0.480 e. The van der Waals surface area contributed by atoms with Crippen LogP contribution in [0.3, 0.4) is 0 Å². The third-order valence-electron chi connectivity index (χ3n) is 4.68. The van der Waals surface area contributed by atoms with Crippen molar-refractivity contribution in [3.05, 3.63) is 4.77 Å². The molecule has 2 aliphatic rings. The number of carbonyl (C=O) groups is 1. The van der Waals surface area contributed by atoms with Crippen molar-refractivity contribution in [2.24, 2.45) is 17.8 Å². The average molecular weight is 297 g/mol. The normalized spacial score (nSPS) is 33.6. The molecule has 2 fully saturated rings. The minimum Gasteiger partial charge on any atom is -0.480 e. The van der Waals surface area contributed by atoms with E-state index in [1.54, 1.807) is 4.68 Å². The Kier molecular flexibility index (Phi) is 3.84. The van der Waals surface area contributed by atoms with Gasteiger partial charge in [-0.1, -0.05) is 10.3 Å². The van der Waals surface area contributed by atoms with E-state index in [0.717, 1.165) is 38.8 Å². The highest BCUT2D eigenvalue weighted by Gasteiger charge is 2.37. The molecule has 1 aromatic rings. The number of carboxylic acids is 1. The number of H-pyrrole nitrogens is 1. The summed E-state index contributed by atoms with van der Waals surface area (Å²) in [6.07, 6.45) is 4.12. The van der Waals surface area contributed by atoms with Crippen molar-refractivity contribution < 1.29 is 9.90 Å². The molecular formula is C12H19N5O2S. The van der Waals surface area contributed by atoms with Crippen LogP contribution in [0, 0.1) is 22.5 Å². The monoisotopic (exact) mass is 297 g/mol. The fourth-order valence-corrected chi connectivity index (χ4v) is 3.76. The molecule has 110 valence electrons. The van der Waals surface area contributed by atoms with Gasteiger partial charge in [0.1, 0.15) is 6.04 Å². The number of piperidine rings is 1. The van der Waals surface area contributed by atoms with Crippen molar-refractivity contribution in [1.82, 2.24) is 25.5 Å². The summed E-state index contributed by atoms with van der Waals surface area (Å²) >= 11 is 5.09. The summed E-state index contributed by atoms with van der Waals surface area (Å²) < 4.78 is 2.29. The number of nitrogens with zero attached hydrogens (tertiary/aromatic N) is 3. The molecule has 7 nitrogen and oxygen atoms in total. The quantitative estimate of drug-likeness (QED) is 0.715. The number of rotatable bonds is 3. The fraction of sp³-hybridized carbons (Fsp3) is 0.833. The van der Waals surface area contributed by atoms with Gasteiger partial charge in [-0.2, -0.15) is 5.21 Å². The van der Waals surface area contributed by atoms with Gasteiger partial charge in [-0.25, -0.2) is 4.68 Å². The molecule has 20 heavy (non-hydrogen) atoms. The zero-order chi connectivity index (χ0) is 14.1. The molecule has 0 amide bonds. The molecule has 1 aromatic heterocycles. The van der Waals surface area contributed by atoms with Crippen LogP contribution in [-0.4, -0.2) is 43.9 Å². The number of carboxylic acid groups (broad SMARTS) is 1. The predicted octanol–water partition coefficient (Wildman–Crippen LogP) is 0.815. The lowest BCUT2D eigenvalue weighted by molar-refractivity contribution is -0.141. The first-order valence-corrected chi connectivity index (χ1v) is 7.48. The lowest BCUT2D eigenvalue weighted by Gasteiger charge is -2.41. The second-order valence-corrected chi connectivity index (χ2v) is 6.29. The van der Waals surface area contributed by atoms with Gasteiger partial charge in [0.25, 0.3) is 0 Å². The molecule has 0 radical (unpaired) electrons. The van der Waals surface area contributed by atoms with Gasteiger partial charge in [0, 0.05) is 6.54 Å². The number of aromatic nitrogens is 4. The Morgan fingerprint density at radius 1 is 1.40 bits per heavy atom. The molecule has 0 aromatic carbocycles. The molecule has 1 saturated heterocycles. The lowest BCUT2D eigenvalue weighted by Crippen LogP contribution is -2.49. The topological polar surface area (TPSA) is 95.8 Å². The summed E-state index contributed by atoms with van der Waals surface area (Å²) in [6.45, 7) is 1.64. The van der Waals surface area contributed by atoms with Crippen LogP contribution in [0.5, 0.6) is 0 Å². The van der Waals surface area contributed by atoms with Gasteiger partial charge < -0.3 is 10.4 Å². The molecular weight excluding hydrogens is 278 g/mol. The summed E-state index contributed by atoms with van der Waals surface area (Å²) in [4.78, 5) is 11.1. The minimum absolute atomic E-state index is 0.383. The highest BCUT2D eigenvalue weighted by atomic mass is 32.1. The Morgan fingerprint density at radius 2 is 2.25 bits per heavy atom. The molecule has 1 saturated carbocycles. The maximum absolute atomic E-state index is 11.1. The van der Waals surface area contributed by atoms with Crippen molar-refractivity contribution in [1.29, 1.82) is 0 Å². The summed E-state index contributed by atoms with van der Waals surface area (Å²) in [5.74, 6) is 0.916. The predicted molar refractivity (Wildman–Crippen MR) is 73.6 cm³/mol. The number of tetrazole rings is 1. The van der Waals surface area contributed by atoms with Crippen molar-refractivity contribution in [2.45, 2.75) is 38.3 Å². The van der Waals surface area contributed by atoms with Gasteiger partial charge in [-0.3, -0.25) is 4.79 Å². The Bertz CT molecular complexity index is 542. The number of fused-ring (bicyclic) bond motifs is 1. The third-order valence-corrected chi connectivity index (χ3v) is 4.99. The van der Waals surface area contributed by atoms with Gasteiger partial charge >= 0.3 is 5.97 Å². The van der Waals surface area contributed by atoms with Crippen molar-refractivity contribution in [2.75, 3.05) is 6.54 Å². The molecule has 3 N–H and O–H groups in total. The third kappa shape index (κ3) is 2.76. The second-order valence-electron chi connectivity index (χ2n) is 5.93. The molecule has 0 spiro atoms. The van der Waals surface area contributed by atoms with Crippen LogP contribution in [0.2, 0.25) is 0 Å². The first-order valence-electron chi connectivity index (χ1n) is 7.07. The maximum atomic E-state index is 11.1. The van der Waals surface area contributed by atoms with Crippen LogP contribution in [-0.2, 0) is 11.3 Å². The average Bonchev–Trinajstić information content (AvgIpc) is 2.83. The van der Waals surface area contributed by atoms with Crippen LogP contribution >= 0.6 is 12.2 Å². The summed E-state index contributed by atoms with van der Waals surface area (Å²) in [5, 5.41) is 22.6. The molecule has 0 unspecified atom stereocenters. The smallest absolute Gasteiger partial charge is 0.320 e. The van der Waals surface area contributed by atoms with Crippen LogP contribution in [0.4, 0.5) is 0 Å². The van der Waals surface area contributed by atoms with Crippen molar-refractivity contribution in [3.8, 4) is 0 Å². The number of aromatic amines is 1. The summed E-state index contributed by atoms with van der Waals surface area (Å²) in [6, 6.07) is -0.383. The Balaban J connectivity index is 1.62. The van der Waals surface area contributed by atoms with E-state index in [9.17, 15) is 4.79 Å². The molecule has 8 heteroatoms. The SMILES string of the molecule is O=C(O)[C@@H]1C[C@H]2C[C@@H](Cn3[nH]nnc3=S)CC[C@H]2CN1. The number of aliphatic carboxylic acids is 1. The Labute approximate surface area is 121 Å². The van der Waals surface area contributed by atoms with E-state index in [1.165, 1.54) is 0 Å². The van der Waals surface area contributed by atoms with Gasteiger partial charge in [0.15, 0.2) is 0 Å². The Hall–Kier alpha value is -1.28. The molecule has 2 heterocycles. The molecule has 1 aliphatic carbocycles. The van der Waals surface area contributed by atoms with Crippen LogP contribution < -0.4 is 5.32 Å². The summed E-state index contributed by atoms with van der Waals surface area (Å²) in [5.41, 5.74) is 0. The first kappa shape index (κ1) is 13.7. The van der Waals surface area contributed by atoms with Gasteiger partial charge in [0.05, 0.1) is 0 Å². The molecule has 1 aliphatic heterocycles. The van der Waals surface area contributed by atoms with E-state index >= 15 is 0 Å². The van der Waals surface area contributed by atoms with Crippen molar-refractivity contribution >= 4 is 18.2 Å². The first-order chi connectivity index (χ1) is 9.63. The van der Waals surface area contributed by atoms with E-state index in [2.05, 4.69) is 20.8 Å². The van der Waals surface area contributed by atoms with Crippen LogP contribution in [0.25, 0.3) is 0 Å². The van der Waals surface area contributed by atoms with Crippen LogP contribution in [0.15, 0.2) is 0 Å². The number of hydrogen-bond acceptors (Lipinski definition) is 5. The van der Waals surface area contributed by atoms with E-state index < -0.39 is 5.97 Å². The van der Waals surface area contributed by atoms with Gasteiger partial charge in [-0.15, -0.1) is 0 Å². The van der Waals surface area contributed by atoms with E-state index in [4.69, 9.17) is 17.3 Å². The maximum Gasteiger partial charge on any atom is 0.320 e.